The van der Waals surface area contributed by atoms with E-state index >= 15 is 0 Å². The average Bonchev–Trinajstić information content (AvgIpc) is 2.63. The van der Waals surface area contributed by atoms with Gasteiger partial charge in [0.2, 0.25) is 10.0 Å². The van der Waals surface area contributed by atoms with Gasteiger partial charge in [0.1, 0.15) is 0 Å². The zero-order chi connectivity index (χ0) is 18.7. The summed E-state index contributed by atoms with van der Waals surface area (Å²) < 4.78 is 27.7. The molecule has 0 bridgehead atoms. The Morgan fingerprint density at radius 1 is 1.00 bits per heavy atom. The molecule has 1 aromatic carbocycles. The maximum atomic E-state index is 13.0. The summed E-state index contributed by atoms with van der Waals surface area (Å²) in [6.07, 6.45) is 3.99. The predicted molar refractivity (Wildman–Crippen MR) is 110 cm³/mol. The van der Waals surface area contributed by atoms with Gasteiger partial charge >= 0.3 is 0 Å². The molecular weight excluding hydrogens is 352 g/mol. The van der Waals surface area contributed by atoms with E-state index in [-0.39, 0.29) is 6.04 Å². The van der Waals surface area contributed by atoms with Gasteiger partial charge in [-0.15, -0.1) is 0 Å². The van der Waals surface area contributed by atoms with E-state index in [1.165, 1.54) is 12.8 Å². The minimum atomic E-state index is -3.44. The largest absolute Gasteiger partial charge is 0.302 e. The molecule has 0 aromatic heterocycles. The van der Waals surface area contributed by atoms with Crippen molar-refractivity contribution in [1.29, 1.82) is 0 Å². The van der Waals surface area contributed by atoms with Crippen LogP contribution in [0.4, 0.5) is 0 Å². The van der Waals surface area contributed by atoms with Gasteiger partial charge in [0, 0.05) is 24.9 Å². The maximum Gasteiger partial charge on any atom is 0.243 e. The van der Waals surface area contributed by atoms with Crippen LogP contribution in [0.3, 0.4) is 0 Å². The Morgan fingerprint density at radius 2 is 1.64 bits per heavy atom. The van der Waals surface area contributed by atoms with Crippen molar-refractivity contribution in [2.75, 3.05) is 31.9 Å². The summed E-state index contributed by atoms with van der Waals surface area (Å²) >= 11 is 4.34. The van der Waals surface area contributed by atoms with Gasteiger partial charge in [-0.1, -0.05) is 38.5 Å². The summed E-state index contributed by atoms with van der Waals surface area (Å²) in [7, 11) is -3.44. The third kappa shape index (κ3) is 7.29. The van der Waals surface area contributed by atoms with E-state index in [1.54, 1.807) is 28.6 Å². The first kappa shape index (κ1) is 22.5. The van der Waals surface area contributed by atoms with Gasteiger partial charge in [-0.3, -0.25) is 0 Å². The molecule has 0 spiro atoms. The molecule has 0 radical (unpaired) electrons. The number of benzene rings is 1. The minimum Gasteiger partial charge on any atom is -0.302 e. The molecule has 0 saturated carbocycles. The second-order valence-electron chi connectivity index (χ2n) is 6.46. The molecule has 0 saturated heterocycles. The van der Waals surface area contributed by atoms with E-state index in [1.807, 2.05) is 19.9 Å². The van der Waals surface area contributed by atoms with Gasteiger partial charge in [-0.05, 0) is 51.4 Å². The fraction of sp³-hybridized carbons (Fsp3) is 0.684. The molecule has 144 valence electrons. The lowest BCUT2D eigenvalue weighted by atomic mass is 10.2. The van der Waals surface area contributed by atoms with Crippen LogP contribution in [0.25, 0.3) is 0 Å². The van der Waals surface area contributed by atoms with E-state index in [4.69, 9.17) is 0 Å². The monoisotopic (exact) mass is 386 g/mol. The van der Waals surface area contributed by atoms with Crippen LogP contribution in [-0.4, -0.2) is 55.6 Å². The highest BCUT2D eigenvalue weighted by molar-refractivity contribution is 7.89. The lowest BCUT2D eigenvalue weighted by Gasteiger charge is -2.29. The number of rotatable bonds is 13. The van der Waals surface area contributed by atoms with E-state index < -0.39 is 10.0 Å². The fourth-order valence-electron chi connectivity index (χ4n) is 2.82. The molecule has 0 N–H and O–H groups in total. The van der Waals surface area contributed by atoms with Crippen LogP contribution in [-0.2, 0) is 10.0 Å². The molecular formula is C19H34N2O2S2. The zero-order valence-corrected chi connectivity index (χ0v) is 17.6. The lowest BCUT2D eigenvalue weighted by molar-refractivity contribution is 0.256. The van der Waals surface area contributed by atoms with Gasteiger partial charge < -0.3 is 4.90 Å². The van der Waals surface area contributed by atoms with Gasteiger partial charge in [0.15, 0.2) is 0 Å². The zero-order valence-electron chi connectivity index (χ0n) is 15.9. The van der Waals surface area contributed by atoms with Gasteiger partial charge in [0.05, 0.1) is 4.90 Å². The molecule has 0 amide bonds. The lowest BCUT2D eigenvalue weighted by Crippen LogP contribution is -2.40. The van der Waals surface area contributed by atoms with Crippen molar-refractivity contribution in [2.45, 2.75) is 57.4 Å². The van der Waals surface area contributed by atoms with E-state index in [2.05, 4.69) is 24.5 Å². The topological polar surface area (TPSA) is 40.6 Å². The Balaban J connectivity index is 2.77. The van der Waals surface area contributed by atoms with Crippen molar-refractivity contribution in [2.24, 2.45) is 0 Å². The third-order valence-corrected chi connectivity index (χ3v) is 6.76. The van der Waals surface area contributed by atoms with Crippen LogP contribution in [0.1, 0.15) is 46.5 Å². The normalized spacial score (nSPS) is 13.5. The summed E-state index contributed by atoms with van der Waals surface area (Å²) in [5, 5.41) is 0. The molecule has 25 heavy (non-hydrogen) atoms. The average molecular weight is 387 g/mol. The van der Waals surface area contributed by atoms with Crippen LogP contribution in [0.15, 0.2) is 35.2 Å². The highest BCUT2D eigenvalue weighted by Gasteiger charge is 2.27. The summed E-state index contributed by atoms with van der Waals surface area (Å²) in [4.78, 5) is 2.77. The summed E-state index contributed by atoms with van der Waals surface area (Å²) in [5.41, 5.74) is 0. The highest BCUT2D eigenvalue weighted by Crippen LogP contribution is 2.20. The Kier molecular flexibility index (Phi) is 10.7. The standard InChI is InChI=1S/C19H34N2O2S2/c1-4-6-13-20(16-17-24)14-10-15-21(18(3)5-2)25(22,23)19-11-8-7-9-12-19/h7-9,11-12,18,24H,4-6,10,13-17H2,1-3H3. The van der Waals surface area contributed by atoms with Crippen molar-refractivity contribution < 1.29 is 8.42 Å². The molecule has 1 atom stereocenters. The quantitative estimate of drug-likeness (QED) is 0.523. The Hall–Kier alpha value is -0.560. The summed E-state index contributed by atoms with van der Waals surface area (Å²) in [6.45, 7) is 9.70. The van der Waals surface area contributed by atoms with Crippen LogP contribution in [0.2, 0.25) is 0 Å². The molecule has 0 aliphatic rings. The second-order valence-corrected chi connectivity index (χ2v) is 8.80. The van der Waals surface area contributed by atoms with Gasteiger partial charge in [-0.25, -0.2) is 8.42 Å². The second kappa shape index (κ2) is 11.9. The summed E-state index contributed by atoms with van der Waals surface area (Å²) in [6, 6.07) is 8.76. The highest BCUT2D eigenvalue weighted by atomic mass is 32.2. The maximum absolute atomic E-state index is 13.0. The molecule has 0 aliphatic heterocycles. The van der Waals surface area contributed by atoms with E-state index in [0.29, 0.717) is 11.4 Å². The van der Waals surface area contributed by atoms with Crippen molar-refractivity contribution >= 4 is 22.7 Å². The number of hydrogen-bond acceptors (Lipinski definition) is 4. The van der Waals surface area contributed by atoms with Crippen LogP contribution < -0.4 is 0 Å². The van der Waals surface area contributed by atoms with Crippen LogP contribution in [0, 0.1) is 0 Å². The molecule has 1 unspecified atom stereocenters. The van der Waals surface area contributed by atoms with Crippen LogP contribution >= 0.6 is 12.6 Å². The van der Waals surface area contributed by atoms with Crippen molar-refractivity contribution in [3.8, 4) is 0 Å². The summed E-state index contributed by atoms with van der Waals surface area (Å²) in [5.74, 6) is 0.834. The smallest absolute Gasteiger partial charge is 0.243 e. The van der Waals surface area contributed by atoms with Gasteiger partial charge in [-0.2, -0.15) is 16.9 Å². The van der Waals surface area contributed by atoms with E-state index in [9.17, 15) is 8.42 Å². The Labute approximate surface area is 160 Å². The number of hydrogen-bond donors (Lipinski definition) is 1. The predicted octanol–water partition coefficient (Wildman–Crippen LogP) is 3.90. The fourth-order valence-corrected chi connectivity index (χ4v) is 4.86. The molecule has 1 rings (SSSR count). The number of unbranched alkanes of at least 4 members (excludes halogenated alkanes) is 1. The minimum absolute atomic E-state index is 0.000762. The molecule has 0 heterocycles. The first-order valence-electron chi connectivity index (χ1n) is 9.37. The first-order valence-corrected chi connectivity index (χ1v) is 11.4. The first-order chi connectivity index (χ1) is 12.0. The Bertz CT molecular complexity index is 564. The molecule has 4 nitrogen and oxygen atoms in total. The Morgan fingerprint density at radius 3 is 2.20 bits per heavy atom. The van der Waals surface area contributed by atoms with Crippen molar-refractivity contribution in [1.82, 2.24) is 9.21 Å². The number of sulfonamides is 1. The van der Waals surface area contributed by atoms with Crippen molar-refractivity contribution in [3.63, 3.8) is 0 Å². The SMILES string of the molecule is CCCCN(CCS)CCCN(C(C)CC)S(=O)(=O)c1ccccc1. The molecule has 1 aromatic rings. The molecule has 0 aliphatic carbocycles. The number of thiol groups is 1. The van der Waals surface area contributed by atoms with Gasteiger partial charge in [0.25, 0.3) is 0 Å². The number of nitrogens with zero attached hydrogens (tertiary/aromatic N) is 2. The molecule has 6 heteroatoms. The molecule has 0 fully saturated rings. The third-order valence-electron chi connectivity index (χ3n) is 4.53. The van der Waals surface area contributed by atoms with Crippen LogP contribution in [0.5, 0.6) is 0 Å². The van der Waals surface area contributed by atoms with E-state index in [0.717, 1.165) is 38.2 Å². The van der Waals surface area contributed by atoms with Crippen molar-refractivity contribution in [3.05, 3.63) is 30.3 Å².